The van der Waals surface area contributed by atoms with Gasteiger partial charge in [0, 0.05) is 6.21 Å². The maximum Gasteiger partial charge on any atom is 0.266 e. The van der Waals surface area contributed by atoms with Crippen molar-refractivity contribution < 1.29 is 22.8 Å². The fourth-order valence-corrected chi connectivity index (χ4v) is 1.45. The Hall–Kier alpha value is -1.60. The number of hydrogen-bond donors (Lipinski definition) is 2. The first-order chi connectivity index (χ1) is 7.92. The molecule has 0 atom stereocenters. The molecule has 0 radical (unpaired) electrons. The lowest BCUT2D eigenvalue weighted by Gasteiger charge is -2.03. The van der Waals surface area contributed by atoms with E-state index in [0.717, 1.165) is 0 Å². The Balaban J connectivity index is 2.66. The number of nitrogens with zero attached hydrogens (tertiary/aromatic N) is 1. The van der Waals surface area contributed by atoms with Crippen molar-refractivity contribution in [3.8, 4) is 11.5 Å². The molecule has 0 heterocycles. The highest BCUT2D eigenvalue weighted by Crippen LogP contribution is 2.25. The smallest absolute Gasteiger partial charge is 0.266 e. The molecule has 0 unspecified atom stereocenters. The van der Waals surface area contributed by atoms with Crippen molar-refractivity contribution in [1.29, 1.82) is 0 Å². The fourth-order valence-electron chi connectivity index (χ4n) is 1.11. The summed E-state index contributed by atoms with van der Waals surface area (Å²) < 4.78 is 34.2. The molecule has 0 aliphatic heterocycles. The summed E-state index contributed by atoms with van der Waals surface area (Å²) in [6, 6.07) is 4.62. The van der Waals surface area contributed by atoms with Crippen molar-refractivity contribution in [2.45, 2.75) is 0 Å². The molecule has 0 spiro atoms. The summed E-state index contributed by atoms with van der Waals surface area (Å²) in [6.45, 7) is -0.0258. The molecule has 0 aromatic heterocycles. The van der Waals surface area contributed by atoms with Crippen molar-refractivity contribution in [3.63, 3.8) is 0 Å². The van der Waals surface area contributed by atoms with Gasteiger partial charge in [0.1, 0.15) is 0 Å². The van der Waals surface area contributed by atoms with Crippen molar-refractivity contribution in [2.75, 3.05) is 19.4 Å². The van der Waals surface area contributed by atoms with Crippen LogP contribution in [0.1, 0.15) is 5.56 Å². The van der Waals surface area contributed by atoms with Crippen LogP contribution in [-0.4, -0.2) is 43.7 Å². The molecule has 6 nitrogen and oxygen atoms in total. The molecule has 0 aliphatic carbocycles. The first-order valence-corrected chi connectivity index (χ1v) is 6.35. The molecule has 0 aliphatic rings. The van der Waals surface area contributed by atoms with Crippen LogP contribution >= 0.6 is 0 Å². The van der Waals surface area contributed by atoms with Crippen LogP contribution in [0, 0.1) is 0 Å². The van der Waals surface area contributed by atoms with E-state index in [-0.39, 0.29) is 12.3 Å². The van der Waals surface area contributed by atoms with Gasteiger partial charge in [0.2, 0.25) is 0 Å². The largest absolute Gasteiger partial charge is 0.504 e. The Kier molecular flexibility index (Phi) is 4.47. The normalized spacial score (nSPS) is 11.9. The maximum absolute atomic E-state index is 10.4. The van der Waals surface area contributed by atoms with Gasteiger partial charge in [-0.15, -0.1) is 0 Å². The van der Waals surface area contributed by atoms with E-state index in [1.807, 2.05) is 0 Å². The lowest BCUT2D eigenvalue weighted by Crippen LogP contribution is -2.06. The predicted octanol–water partition coefficient (Wildman–Crippen LogP) is 0.707. The second kappa shape index (κ2) is 5.65. The third-order valence-electron chi connectivity index (χ3n) is 1.92. The molecular weight excluding hydrogens is 246 g/mol. The van der Waals surface area contributed by atoms with Crippen molar-refractivity contribution in [1.82, 2.24) is 0 Å². The van der Waals surface area contributed by atoms with E-state index >= 15 is 0 Å². The minimum absolute atomic E-state index is 0.0163. The average Bonchev–Trinajstić information content (AvgIpc) is 2.25. The second-order valence-electron chi connectivity index (χ2n) is 3.25. The van der Waals surface area contributed by atoms with Gasteiger partial charge in [0.15, 0.2) is 11.5 Å². The molecular formula is C10H13NO5S. The zero-order chi connectivity index (χ0) is 12.9. The van der Waals surface area contributed by atoms with E-state index in [0.29, 0.717) is 11.3 Å². The summed E-state index contributed by atoms with van der Waals surface area (Å²) in [5, 5.41) is 9.33. The highest BCUT2D eigenvalue weighted by molar-refractivity contribution is 7.85. The zero-order valence-corrected chi connectivity index (χ0v) is 10.0. The summed E-state index contributed by atoms with van der Waals surface area (Å²) >= 11 is 0. The van der Waals surface area contributed by atoms with Gasteiger partial charge < -0.3 is 9.84 Å². The number of hydrogen-bond acceptors (Lipinski definition) is 5. The van der Waals surface area contributed by atoms with Gasteiger partial charge in [-0.1, -0.05) is 0 Å². The molecule has 0 saturated carbocycles. The first kappa shape index (κ1) is 13.5. The monoisotopic (exact) mass is 259 g/mol. The van der Waals surface area contributed by atoms with Gasteiger partial charge in [-0.3, -0.25) is 9.55 Å². The molecule has 7 heteroatoms. The molecule has 0 amide bonds. The molecule has 1 aromatic carbocycles. The van der Waals surface area contributed by atoms with Crippen LogP contribution < -0.4 is 4.74 Å². The summed E-state index contributed by atoms with van der Waals surface area (Å²) in [6.07, 6.45) is 1.44. The molecule has 0 bridgehead atoms. The quantitative estimate of drug-likeness (QED) is 0.599. The lowest BCUT2D eigenvalue weighted by molar-refractivity contribution is 0.373. The lowest BCUT2D eigenvalue weighted by atomic mass is 10.2. The van der Waals surface area contributed by atoms with Crippen LogP contribution in [-0.2, 0) is 10.1 Å². The first-order valence-electron chi connectivity index (χ1n) is 4.74. The van der Waals surface area contributed by atoms with Crippen LogP contribution in [0.25, 0.3) is 0 Å². The summed E-state index contributed by atoms with van der Waals surface area (Å²) in [4.78, 5) is 3.83. The van der Waals surface area contributed by atoms with E-state index in [9.17, 15) is 13.5 Å². The maximum atomic E-state index is 10.4. The van der Waals surface area contributed by atoms with Crippen molar-refractivity contribution in [2.24, 2.45) is 4.99 Å². The number of phenols is 1. The molecule has 2 N–H and O–H groups in total. The Morgan fingerprint density at radius 3 is 2.76 bits per heavy atom. The summed E-state index contributed by atoms with van der Waals surface area (Å²) in [7, 11) is -2.55. The third-order valence-corrected chi connectivity index (χ3v) is 2.62. The number of ether oxygens (including phenoxy) is 1. The number of aliphatic imine (C=N–C) groups is 1. The van der Waals surface area contributed by atoms with Gasteiger partial charge in [0.05, 0.1) is 19.4 Å². The average molecular weight is 259 g/mol. The van der Waals surface area contributed by atoms with Gasteiger partial charge >= 0.3 is 0 Å². The van der Waals surface area contributed by atoms with Crippen LogP contribution in [0.2, 0.25) is 0 Å². The van der Waals surface area contributed by atoms with Gasteiger partial charge in [0.25, 0.3) is 10.1 Å². The SMILES string of the molecule is COc1cc(/C=N\CCS(=O)(=O)O)ccc1O. The molecule has 0 saturated heterocycles. The van der Waals surface area contributed by atoms with Crippen molar-refractivity contribution >= 4 is 16.3 Å². The van der Waals surface area contributed by atoms with E-state index in [2.05, 4.69) is 4.99 Å². The highest BCUT2D eigenvalue weighted by atomic mass is 32.2. The standard InChI is InChI=1S/C10H13NO5S/c1-16-10-6-8(2-3-9(10)12)7-11-4-5-17(13,14)15/h2-3,6-7,12H,4-5H2,1H3,(H,13,14,15)/b11-7-. The van der Waals surface area contributed by atoms with E-state index in [1.54, 1.807) is 12.1 Å². The third kappa shape index (κ3) is 4.83. The van der Waals surface area contributed by atoms with E-state index < -0.39 is 15.9 Å². The molecule has 94 valence electrons. The van der Waals surface area contributed by atoms with Gasteiger partial charge in [-0.25, -0.2) is 0 Å². The number of methoxy groups -OCH3 is 1. The predicted molar refractivity (Wildman–Crippen MR) is 63.5 cm³/mol. The Morgan fingerprint density at radius 1 is 1.47 bits per heavy atom. The van der Waals surface area contributed by atoms with Crippen molar-refractivity contribution in [3.05, 3.63) is 23.8 Å². The number of phenolic OH excluding ortho intramolecular Hbond substituents is 1. The molecule has 17 heavy (non-hydrogen) atoms. The topological polar surface area (TPSA) is 96.2 Å². The minimum atomic E-state index is -3.98. The van der Waals surface area contributed by atoms with Gasteiger partial charge in [-0.2, -0.15) is 8.42 Å². The van der Waals surface area contributed by atoms with Crippen LogP contribution in [0.5, 0.6) is 11.5 Å². The van der Waals surface area contributed by atoms with Crippen LogP contribution in [0.4, 0.5) is 0 Å². The summed E-state index contributed by atoms with van der Waals surface area (Å²) in [5.74, 6) is -0.0926. The molecule has 0 fully saturated rings. The Labute approximate surface area is 99.3 Å². The van der Waals surface area contributed by atoms with E-state index in [1.165, 1.54) is 19.4 Å². The number of benzene rings is 1. The fraction of sp³-hybridized carbons (Fsp3) is 0.300. The van der Waals surface area contributed by atoms with Crippen LogP contribution in [0.15, 0.2) is 23.2 Å². The Morgan fingerprint density at radius 2 is 2.18 bits per heavy atom. The molecule has 1 aromatic rings. The number of rotatable bonds is 5. The molecule has 1 rings (SSSR count). The summed E-state index contributed by atoms with van der Waals surface area (Å²) in [5.41, 5.74) is 0.662. The highest BCUT2D eigenvalue weighted by Gasteiger charge is 2.02. The zero-order valence-electron chi connectivity index (χ0n) is 9.20. The minimum Gasteiger partial charge on any atom is -0.504 e. The van der Waals surface area contributed by atoms with E-state index in [4.69, 9.17) is 9.29 Å². The number of aromatic hydroxyl groups is 1. The second-order valence-corrected chi connectivity index (χ2v) is 4.82. The Bertz CT molecular complexity index is 509. The van der Waals surface area contributed by atoms with Crippen LogP contribution in [0.3, 0.4) is 0 Å². The van der Waals surface area contributed by atoms with Gasteiger partial charge in [-0.05, 0) is 23.8 Å².